The Morgan fingerprint density at radius 1 is 1.32 bits per heavy atom. The van der Waals surface area contributed by atoms with E-state index in [-0.39, 0.29) is 19.6 Å². The lowest BCUT2D eigenvalue weighted by Gasteiger charge is -2.18. The fourth-order valence-electron chi connectivity index (χ4n) is 2.80. The molecule has 1 heterocycles. The molecule has 1 amide bonds. The number of likely N-dealkylation sites (tertiary alicyclic amines) is 1. The molecule has 9 heteroatoms. The van der Waals surface area contributed by atoms with Gasteiger partial charge in [0.1, 0.15) is 5.82 Å². The molecule has 0 aliphatic carbocycles. The average molecular weight is 362 g/mol. The largest absolute Gasteiger partial charge is 0.481 e. The Labute approximate surface area is 141 Å². The van der Waals surface area contributed by atoms with Crippen LogP contribution in [0.4, 0.5) is 17.6 Å². The van der Waals surface area contributed by atoms with E-state index in [1.165, 1.54) is 11.0 Å². The summed E-state index contributed by atoms with van der Waals surface area (Å²) in [4.78, 5) is 24.0. The van der Waals surface area contributed by atoms with Crippen LogP contribution in [0, 0.1) is 24.6 Å². The van der Waals surface area contributed by atoms with Crippen LogP contribution in [0.3, 0.4) is 0 Å². The van der Waals surface area contributed by atoms with Gasteiger partial charge in [0.05, 0.1) is 18.4 Å². The van der Waals surface area contributed by atoms with E-state index in [0.29, 0.717) is 11.1 Å². The number of aryl methyl sites for hydroxylation is 1. The van der Waals surface area contributed by atoms with Gasteiger partial charge >= 0.3 is 12.1 Å². The molecule has 2 rings (SSSR count). The van der Waals surface area contributed by atoms with Gasteiger partial charge in [-0.2, -0.15) is 13.2 Å². The third kappa shape index (κ3) is 4.91. The van der Waals surface area contributed by atoms with E-state index < -0.39 is 42.3 Å². The molecule has 0 saturated carbocycles. The lowest BCUT2D eigenvalue weighted by atomic mass is 9.96. The molecule has 138 valence electrons. The van der Waals surface area contributed by atoms with Gasteiger partial charge in [-0.05, 0) is 24.1 Å². The summed E-state index contributed by atoms with van der Waals surface area (Å²) in [5.41, 5.74) is 0.986. The number of nitrogens with one attached hydrogen (secondary N) is 1. The van der Waals surface area contributed by atoms with Gasteiger partial charge < -0.3 is 10.4 Å². The van der Waals surface area contributed by atoms with E-state index in [2.05, 4.69) is 5.32 Å². The van der Waals surface area contributed by atoms with Crippen molar-refractivity contribution in [3.8, 4) is 0 Å². The molecule has 25 heavy (non-hydrogen) atoms. The molecule has 1 aromatic rings. The minimum atomic E-state index is -4.63. The lowest BCUT2D eigenvalue weighted by molar-refractivity contribution is -0.188. The molecule has 1 fully saturated rings. The second kappa shape index (κ2) is 7.38. The number of rotatable bonds is 5. The molecule has 0 spiro atoms. The topological polar surface area (TPSA) is 69.6 Å². The SMILES string of the molecule is Cc1ccc(CNC(=O)CN2C[C@@H](C(F)(F)F)[C@H](C(=O)O)C2)cc1F. The number of amides is 1. The summed E-state index contributed by atoms with van der Waals surface area (Å²) in [6.07, 6.45) is -4.63. The van der Waals surface area contributed by atoms with Gasteiger partial charge in [-0.1, -0.05) is 12.1 Å². The van der Waals surface area contributed by atoms with Crippen molar-refractivity contribution >= 4 is 11.9 Å². The molecule has 2 atom stereocenters. The van der Waals surface area contributed by atoms with E-state index in [4.69, 9.17) is 5.11 Å². The fraction of sp³-hybridized carbons (Fsp3) is 0.500. The molecule has 2 N–H and O–H groups in total. The number of hydrogen-bond acceptors (Lipinski definition) is 3. The molecule has 0 aromatic heterocycles. The number of halogens is 4. The van der Waals surface area contributed by atoms with E-state index in [1.54, 1.807) is 19.1 Å². The zero-order valence-corrected chi connectivity index (χ0v) is 13.4. The number of aliphatic carboxylic acids is 1. The van der Waals surface area contributed by atoms with E-state index >= 15 is 0 Å². The van der Waals surface area contributed by atoms with Crippen molar-refractivity contribution in [3.63, 3.8) is 0 Å². The number of carbonyl (C=O) groups excluding carboxylic acids is 1. The minimum absolute atomic E-state index is 0.0366. The zero-order valence-electron chi connectivity index (χ0n) is 13.4. The number of carboxylic acids is 1. The van der Waals surface area contributed by atoms with Gasteiger partial charge in [-0.25, -0.2) is 4.39 Å². The van der Waals surface area contributed by atoms with Crippen LogP contribution >= 0.6 is 0 Å². The first kappa shape index (κ1) is 19.2. The molecule has 0 bridgehead atoms. The number of hydrogen-bond donors (Lipinski definition) is 2. The number of carbonyl (C=O) groups is 2. The third-order valence-corrected chi connectivity index (χ3v) is 4.23. The number of nitrogens with zero attached hydrogens (tertiary/aromatic N) is 1. The van der Waals surface area contributed by atoms with Crippen molar-refractivity contribution < 1.29 is 32.3 Å². The molecule has 0 radical (unpaired) electrons. The molecule has 1 aromatic carbocycles. The van der Waals surface area contributed by atoms with Crippen LogP contribution in [-0.4, -0.2) is 47.7 Å². The summed E-state index contributed by atoms with van der Waals surface area (Å²) in [6, 6.07) is 4.46. The Balaban J connectivity index is 1.90. The molecular weight excluding hydrogens is 344 g/mol. The minimum Gasteiger partial charge on any atom is -0.481 e. The second-order valence-corrected chi connectivity index (χ2v) is 6.15. The predicted octanol–water partition coefficient (Wildman–Crippen LogP) is 1.95. The summed E-state index contributed by atoms with van der Waals surface area (Å²) in [7, 11) is 0. The highest BCUT2D eigenvalue weighted by Crippen LogP contribution is 2.37. The average Bonchev–Trinajstić information content (AvgIpc) is 2.93. The standard InChI is InChI=1S/C16H18F4N2O3/c1-9-2-3-10(4-13(9)17)5-21-14(23)8-22-6-11(15(24)25)12(7-22)16(18,19)20/h2-4,11-12H,5-8H2,1H3,(H,21,23)(H,24,25)/t11-,12-/m1/s1. The highest BCUT2D eigenvalue weighted by atomic mass is 19.4. The van der Waals surface area contributed by atoms with Gasteiger partial charge in [0.2, 0.25) is 5.91 Å². The van der Waals surface area contributed by atoms with Crippen LogP contribution in [0.5, 0.6) is 0 Å². The Morgan fingerprint density at radius 3 is 2.52 bits per heavy atom. The maximum Gasteiger partial charge on any atom is 0.393 e. The summed E-state index contributed by atoms with van der Waals surface area (Å²) < 4.78 is 52.1. The summed E-state index contributed by atoms with van der Waals surface area (Å²) in [5, 5.41) is 11.4. The molecule has 1 aliphatic heterocycles. The molecule has 1 aliphatic rings. The highest BCUT2D eigenvalue weighted by Gasteiger charge is 2.52. The van der Waals surface area contributed by atoms with Crippen LogP contribution < -0.4 is 5.32 Å². The third-order valence-electron chi connectivity index (χ3n) is 4.23. The first-order chi connectivity index (χ1) is 11.6. The summed E-state index contributed by atoms with van der Waals surface area (Å²) in [6.45, 7) is 0.416. The Kier molecular flexibility index (Phi) is 5.66. The van der Waals surface area contributed by atoms with Crippen LogP contribution in [0.2, 0.25) is 0 Å². The van der Waals surface area contributed by atoms with Crippen molar-refractivity contribution in [2.45, 2.75) is 19.6 Å². The van der Waals surface area contributed by atoms with Crippen LogP contribution in [0.25, 0.3) is 0 Å². The van der Waals surface area contributed by atoms with Crippen LogP contribution in [0.15, 0.2) is 18.2 Å². The smallest absolute Gasteiger partial charge is 0.393 e. The normalized spacial score (nSPS) is 21.3. The van der Waals surface area contributed by atoms with Crippen molar-refractivity contribution in [2.75, 3.05) is 19.6 Å². The molecule has 1 saturated heterocycles. The van der Waals surface area contributed by atoms with Gasteiger partial charge in [0, 0.05) is 19.6 Å². The van der Waals surface area contributed by atoms with Gasteiger partial charge in [0.15, 0.2) is 0 Å². The van der Waals surface area contributed by atoms with E-state index in [1.807, 2.05) is 0 Å². The van der Waals surface area contributed by atoms with Gasteiger partial charge in [-0.15, -0.1) is 0 Å². The predicted molar refractivity (Wildman–Crippen MR) is 80.1 cm³/mol. The number of carboxylic acid groups (broad SMARTS) is 1. The van der Waals surface area contributed by atoms with Crippen molar-refractivity contribution in [3.05, 3.63) is 35.1 Å². The van der Waals surface area contributed by atoms with Crippen molar-refractivity contribution in [1.82, 2.24) is 10.2 Å². The van der Waals surface area contributed by atoms with Crippen LogP contribution in [0.1, 0.15) is 11.1 Å². The Morgan fingerprint density at radius 2 is 2.00 bits per heavy atom. The Bertz CT molecular complexity index is 663. The fourth-order valence-corrected chi connectivity index (χ4v) is 2.80. The molecule has 5 nitrogen and oxygen atoms in total. The monoisotopic (exact) mass is 362 g/mol. The molecular formula is C16H18F4N2O3. The van der Waals surface area contributed by atoms with Gasteiger partial charge in [-0.3, -0.25) is 14.5 Å². The lowest BCUT2D eigenvalue weighted by Crippen LogP contribution is -2.36. The van der Waals surface area contributed by atoms with Crippen LogP contribution in [-0.2, 0) is 16.1 Å². The maximum atomic E-state index is 13.4. The first-order valence-corrected chi connectivity index (χ1v) is 7.61. The number of alkyl halides is 3. The molecule has 0 unspecified atom stereocenters. The first-order valence-electron chi connectivity index (χ1n) is 7.61. The summed E-state index contributed by atoms with van der Waals surface area (Å²) in [5.74, 6) is -6.07. The quantitative estimate of drug-likeness (QED) is 0.786. The second-order valence-electron chi connectivity index (χ2n) is 6.15. The van der Waals surface area contributed by atoms with E-state index in [0.717, 1.165) is 0 Å². The maximum absolute atomic E-state index is 13.4. The Hall–Kier alpha value is -2.16. The number of benzene rings is 1. The van der Waals surface area contributed by atoms with Crippen molar-refractivity contribution in [2.24, 2.45) is 11.8 Å². The van der Waals surface area contributed by atoms with Crippen molar-refractivity contribution in [1.29, 1.82) is 0 Å². The van der Waals surface area contributed by atoms with E-state index in [9.17, 15) is 27.2 Å². The van der Waals surface area contributed by atoms with Gasteiger partial charge in [0.25, 0.3) is 0 Å². The highest BCUT2D eigenvalue weighted by molar-refractivity contribution is 5.78. The zero-order chi connectivity index (χ0) is 18.8. The summed E-state index contributed by atoms with van der Waals surface area (Å²) >= 11 is 0.